The number of carbonyl (C=O) groups is 1. The Balaban J connectivity index is 1.70. The predicted octanol–water partition coefficient (Wildman–Crippen LogP) is 6.42. The van der Waals surface area contributed by atoms with Crippen molar-refractivity contribution >= 4 is 5.97 Å². The standard InChI is InChI=1S/C20H38O2/c1-2-3-4-13-18-22-20(21)15-12-10-8-6-5-7-9-11-14-19-16-17-19/h19H,2-18H2,1H3. The maximum absolute atomic E-state index is 11.5. The van der Waals surface area contributed by atoms with Crippen molar-refractivity contribution in [3.05, 3.63) is 0 Å². The third kappa shape index (κ3) is 13.2. The monoisotopic (exact) mass is 310 g/mol. The molecular formula is C20H38O2. The molecule has 0 aliphatic heterocycles. The first-order chi connectivity index (χ1) is 10.8. The average Bonchev–Trinajstić information content (AvgIpc) is 3.33. The summed E-state index contributed by atoms with van der Waals surface area (Å²) in [7, 11) is 0. The fourth-order valence-electron chi connectivity index (χ4n) is 2.96. The van der Waals surface area contributed by atoms with Crippen molar-refractivity contribution in [3.63, 3.8) is 0 Å². The SMILES string of the molecule is CCCCCCOC(=O)CCCCCCCCCCC1CC1. The molecule has 1 saturated carbocycles. The van der Waals surface area contributed by atoms with Crippen molar-refractivity contribution in [2.45, 2.75) is 110 Å². The molecule has 0 heterocycles. The number of hydrogen-bond acceptors (Lipinski definition) is 2. The second kappa shape index (κ2) is 14.1. The Morgan fingerprint density at radius 1 is 0.818 bits per heavy atom. The fourth-order valence-corrected chi connectivity index (χ4v) is 2.96. The van der Waals surface area contributed by atoms with E-state index < -0.39 is 0 Å². The third-order valence-corrected chi connectivity index (χ3v) is 4.70. The minimum absolute atomic E-state index is 0.0107. The topological polar surface area (TPSA) is 26.3 Å². The van der Waals surface area contributed by atoms with Gasteiger partial charge in [-0.1, -0.05) is 90.4 Å². The average molecular weight is 311 g/mol. The van der Waals surface area contributed by atoms with Crippen LogP contribution in [-0.2, 0) is 9.53 Å². The largest absolute Gasteiger partial charge is 0.466 e. The number of carbonyl (C=O) groups excluding carboxylic acids is 1. The molecule has 0 saturated heterocycles. The summed E-state index contributed by atoms with van der Waals surface area (Å²) in [5.41, 5.74) is 0. The second-order valence-electron chi connectivity index (χ2n) is 7.09. The van der Waals surface area contributed by atoms with Crippen molar-refractivity contribution in [2.24, 2.45) is 5.92 Å². The lowest BCUT2D eigenvalue weighted by Gasteiger charge is -2.05. The molecule has 2 heteroatoms. The van der Waals surface area contributed by atoms with Crippen molar-refractivity contribution in [1.82, 2.24) is 0 Å². The molecule has 0 radical (unpaired) electrons. The van der Waals surface area contributed by atoms with E-state index in [-0.39, 0.29) is 5.97 Å². The summed E-state index contributed by atoms with van der Waals surface area (Å²) in [6.07, 6.45) is 20.3. The molecular weight excluding hydrogens is 272 g/mol. The van der Waals surface area contributed by atoms with Gasteiger partial charge in [-0.3, -0.25) is 4.79 Å². The molecule has 0 amide bonds. The van der Waals surface area contributed by atoms with Gasteiger partial charge in [-0.05, 0) is 18.8 Å². The highest BCUT2D eigenvalue weighted by atomic mass is 16.5. The quantitative estimate of drug-likeness (QED) is 0.243. The Morgan fingerprint density at radius 3 is 2.05 bits per heavy atom. The van der Waals surface area contributed by atoms with E-state index in [4.69, 9.17) is 4.74 Å². The van der Waals surface area contributed by atoms with Crippen molar-refractivity contribution in [1.29, 1.82) is 0 Å². The number of rotatable bonds is 16. The smallest absolute Gasteiger partial charge is 0.305 e. The molecule has 0 aromatic heterocycles. The van der Waals surface area contributed by atoms with Crippen LogP contribution in [0.3, 0.4) is 0 Å². The molecule has 1 aliphatic carbocycles. The van der Waals surface area contributed by atoms with Crippen LogP contribution in [0.4, 0.5) is 0 Å². The van der Waals surface area contributed by atoms with Crippen LogP contribution in [0, 0.1) is 5.92 Å². The molecule has 1 aliphatic rings. The minimum Gasteiger partial charge on any atom is -0.466 e. The van der Waals surface area contributed by atoms with Gasteiger partial charge in [0.05, 0.1) is 6.61 Å². The molecule has 130 valence electrons. The van der Waals surface area contributed by atoms with Crippen LogP contribution in [0.1, 0.15) is 110 Å². The van der Waals surface area contributed by atoms with Gasteiger partial charge in [-0.15, -0.1) is 0 Å². The summed E-state index contributed by atoms with van der Waals surface area (Å²) in [5, 5.41) is 0. The van der Waals surface area contributed by atoms with E-state index in [1.165, 1.54) is 83.5 Å². The molecule has 0 aromatic rings. The van der Waals surface area contributed by atoms with Crippen LogP contribution >= 0.6 is 0 Å². The van der Waals surface area contributed by atoms with Crippen molar-refractivity contribution < 1.29 is 9.53 Å². The van der Waals surface area contributed by atoms with Crippen LogP contribution in [0.2, 0.25) is 0 Å². The van der Waals surface area contributed by atoms with Gasteiger partial charge in [-0.25, -0.2) is 0 Å². The van der Waals surface area contributed by atoms with E-state index >= 15 is 0 Å². The first kappa shape index (κ1) is 19.5. The summed E-state index contributed by atoms with van der Waals surface area (Å²) < 4.78 is 5.25. The maximum atomic E-state index is 11.5. The summed E-state index contributed by atoms with van der Waals surface area (Å²) >= 11 is 0. The Hall–Kier alpha value is -0.530. The zero-order valence-corrected chi connectivity index (χ0v) is 14.9. The lowest BCUT2D eigenvalue weighted by molar-refractivity contribution is -0.143. The van der Waals surface area contributed by atoms with Crippen LogP contribution in [0.25, 0.3) is 0 Å². The number of hydrogen-bond donors (Lipinski definition) is 0. The van der Waals surface area contributed by atoms with Gasteiger partial charge in [-0.2, -0.15) is 0 Å². The highest BCUT2D eigenvalue weighted by Crippen LogP contribution is 2.34. The number of ether oxygens (including phenoxy) is 1. The van der Waals surface area contributed by atoms with E-state index in [2.05, 4.69) is 6.92 Å². The molecule has 1 fully saturated rings. The van der Waals surface area contributed by atoms with Crippen LogP contribution < -0.4 is 0 Å². The Kier molecular flexibility index (Phi) is 12.5. The van der Waals surface area contributed by atoms with E-state index in [0.717, 1.165) is 18.8 Å². The maximum Gasteiger partial charge on any atom is 0.305 e. The Morgan fingerprint density at radius 2 is 1.41 bits per heavy atom. The molecule has 0 bridgehead atoms. The summed E-state index contributed by atoms with van der Waals surface area (Å²) in [6.45, 7) is 2.82. The Labute approximate surface area is 138 Å². The molecule has 0 N–H and O–H groups in total. The lowest BCUT2D eigenvalue weighted by Crippen LogP contribution is -2.05. The second-order valence-corrected chi connectivity index (χ2v) is 7.09. The molecule has 2 nitrogen and oxygen atoms in total. The first-order valence-corrected chi connectivity index (χ1v) is 9.98. The van der Waals surface area contributed by atoms with Gasteiger partial charge in [0.25, 0.3) is 0 Å². The summed E-state index contributed by atoms with van der Waals surface area (Å²) in [5.74, 6) is 1.11. The van der Waals surface area contributed by atoms with E-state index in [1.54, 1.807) is 0 Å². The molecule has 0 spiro atoms. The van der Waals surface area contributed by atoms with E-state index in [0.29, 0.717) is 13.0 Å². The molecule has 0 unspecified atom stereocenters. The van der Waals surface area contributed by atoms with Gasteiger partial charge in [0.2, 0.25) is 0 Å². The van der Waals surface area contributed by atoms with Gasteiger partial charge in [0.1, 0.15) is 0 Å². The van der Waals surface area contributed by atoms with Gasteiger partial charge in [0, 0.05) is 6.42 Å². The fraction of sp³-hybridized carbons (Fsp3) is 0.950. The number of esters is 1. The minimum atomic E-state index is 0.0107. The normalized spacial score (nSPS) is 14.2. The number of unbranched alkanes of at least 4 members (excludes halogenated alkanes) is 10. The summed E-state index contributed by atoms with van der Waals surface area (Å²) in [6, 6.07) is 0. The highest BCUT2D eigenvalue weighted by Gasteiger charge is 2.19. The zero-order valence-electron chi connectivity index (χ0n) is 14.9. The molecule has 0 atom stereocenters. The van der Waals surface area contributed by atoms with Crippen LogP contribution in [0.5, 0.6) is 0 Å². The Bertz CT molecular complexity index is 258. The third-order valence-electron chi connectivity index (χ3n) is 4.70. The van der Waals surface area contributed by atoms with Crippen LogP contribution in [-0.4, -0.2) is 12.6 Å². The van der Waals surface area contributed by atoms with Crippen molar-refractivity contribution in [3.8, 4) is 0 Å². The van der Waals surface area contributed by atoms with E-state index in [9.17, 15) is 4.79 Å². The molecule has 1 rings (SSSR count). The van der Waals surface area contributed by atoms with E-state index in [1.807, 2.05) is 0 Å². The first-order valence-electron chi connectivity index (χ1n) is 9.98. The van der Waals surface area contributed by atoms with Gasteiger partial charge in [0.15, 0.2) is 0 Å². The van der Waals surface area contributed by atoms with Crippen molar-refractivity contribution in [2.75, 3.05) is 6.61 Å². The van der Waals surface area contributed by atoms with Gasteiger partial charge >= 0.3 is 5.97 Å². The van der Waals surface area contributed by atoms with Crippen LogP contribution in [0.15, 0.2) is 0 Å². The highest BCUT2D eigenvalue weighted by molar-refractivity contribution is 5.69. The lowest BCUT2D eigenvalue weighted by atomic mass is 10.1. The summed E-state index contributed by atoms with van der Waals surface area (Å²) in [4.78, 5) is 11.5. The molecule has 22 heavy (non-hydrogen) atoms. The zero-order chi connectivity index (χ0) is 15.9. The van der Waals surface area contributed by atoms with Gasteiger partial charge < -0.3 is 4.74 Å². The predicted molar refractivity (Wildman–Crippen MR) is 94.0 cm³/mol. The molecule has 0 aromatic carbocycles.